The molecule has 9 heteroatoms. The van der Waals surface area contributed by atoms with Gasteiger partial charge in [0, 0.05) is 23.9 Å². The van der Waals surface area contributed by atoms with Crippen LogP contribution in [0.2, 0.25) is 0 Å². The van der Waals surface area contributed by atoms with E-state index in [0.29, 0.717) is 36.8 Å². The van der Waals surface area contributed by atoms with Crippen LogP contribution in [0.5, 0.6) is 17.2 Å². The zero-order chi connectivity index (χ0) is 24.1. The molecule has 2 N–H and O–H groups in total. The molecule has 0 aromatic heterocycles. The fraction of sp³-hybridized carbons (Fsp3) is 0.240. The van der Waals surface area contributed by atoms with Crippen molar-refractivity contribution in [3.05, 3.63) is 77.9 Å². The predicted molar refractivity (Wildman–Crippen MR) is 128 cm³/mol. The van der Waals surface area contributed by atoms with E-state index in [4.69, 9.17) is 14.2 Å². The lowest BCUT2D eigenvalue weighted by molar-refractivity contribution is 0.0951. The fourth-order valence-corrected chi connectivity index (χ4v) is 4.44. The van der Waals surface area contributed by atoms with E-state index >= 15 is 0 Å². The number of hydrogen-bond acceptors (Lipinski definition) is 6. The average molecular weight is 483 g/mol. The lowest BCUT2D eigenvalue weighted by Gasteiger charge is -2.19. The van der Waals surface area contributed by atoms with E-state index < -0.39 is 10.0 Å². The van der Waals surface area contributed by atoms with Crippen molar-refractivity contribution in [2.45, 2.75) is 31.4 Å². The molecule has 0 unspecified atom stereocenters. The van der Waals surface area contributed by atoms with Crippen LogP contribution in [0.15, 0.2) is 71.6 Å². The molecule has 8 nitrogen and oxygen atoms in total. The summed E-state index contributed by atoms with van der Waals surface area (Å²) in [7, 11) is -3.89. The topological polar surface area (TPSA) is 103 Å². The molecule has 3 aromatic carbocycles. The van der Waals surface area contributed by atoms with Crippen molar-refractivity contribution in [2.75, 3.05) is 17.9 Å². The molecule has 0 atom stereocenters. The molecule has 0 saturated carbocycles. The molecule has 34 heavy (non-hydrogen) atoms. The van der Waals surface area contributed by atoms with Crippen LogP contribution in [0.4, 0.5) is 5.69 Å². The highest BCUT2D eigenvalue weighted by molar-refractivity contribution is 7.92. The number of benzene rings is 3. The first-order valence-corrected chi connectivity index (χ1v) is 12.3. The van der Waals surface area contributed by atoms with Gasteiger partial charge in [-0.1, -0.05) is 18.2 Å². The summed E-state index contributed by atoms with van der Waals surface area (Å²) in [6.07, 6.45) is 0.0878. The van der Waals surface area contributed by atoms with E-state index in [1.807, 2.05) is 38.1 Å². The first-order chi connectivity index (χ1) is 16.3. The molecular formula is C25H26N2O6S. The summed E-state index contributed by atoms with van der Waals surface area (Å²) in [4.78, 5) is 12.7. The molecule has 1 amide bonds. The quantitative estimate of drug-likeness (QED) is 0.504. The number of nitrogens with one attached hydrogen (secondary N) is 2. The highest BCUT2D eigenvalue weighted by atomic mass is 32.2. The predicted octanol–water partition coefficient (Wildman–Crippen LogP) is 3.98. The highest BCUT2D eigenvalue weighted by Gasteiger charge is 2.20. The standard InChI is InChI=1S/C25H26N2O6S/c1-17(2)33-21-8-6-18(7-9-21)16-26-25(28)19-4-3-5-20(14-19)27-34(29,30)22-10-11-23-24(15-22)32-13-12-31-23/h3-11,14-15,17,27H,12-13,16H2,1-2H3,(H,26,28). The molecule has 3 aromatic rings. The molecule has 0 fully saturated rings. The molecule has 0 bridgehead atoms. The normalized spacial score (nSPS) is 12.8. The van der Waals surface area contributed by atoms with Crippen molar-refractivity contribution in [1.29, 1.82) is 0 Å². The van der Waals surface area contributed by atoms with Gasteiger partial charge in [-0.3, -0.25) is 9.52 Å². The summed E-state index contributed by atoms with van der Waals surface area (Å²) in [5.74, 6) is 1.34. The third-order valence-electron chi connectivity index (χ3n) is 4.95. The van der Waals surface area contributed by atoms with E-state index in [1.54, 1.807) is 24.3 Å². The average Bonchev–Trinajstić information content (AvgIpc) is 2.82. The smallest absolute Gasteiger partial charge is 0.262 e. The first kappa shape index (κ1) is 23.4. The van der Waals surface area contributed by atoms with Crippen LogP contribution in [0, 0.1) is 0 Å². The monoisotopic (exact) mass is 482 g/mol. The van der Waals surface area contributed by atoms with Crippen LogP contribution in [-0.4, -0.2) is 33.6 Å². The summed E-state index contributed by atoms with van der Waals surface area (Å²) in [6.45, 7) is 5.02. The van der Waals surface area contributed by atoms with Gasteiger partial charge in [0.05, 0.1) is 11.0 Å². The van der Waals surface area contributed by atoms with Gasteiger partial charge in [0.15, 0.2) is 11.5 Å². The first-order valence-electron chi connectivity index (χ1n) is 10.9. The van der Waals surface area contributed by atoms with Crippen molar-refractivity contribution < 1.29 is 27.4 Å². The second-order valence-corrected chi connectivity index (χ2v) is 9.67. The molecule has 1 heterocycles. The fourth-order valence-electron chi connectivity index (χ4n) is 3.37. The number of hydrogen-bond donors (Lipinski definition) is 2. The zero-order valence-corrected chi connectivity index (χ0v) is 19.7. The minimum Gasteiger partial charge on any atom is -0.491 e. The summed E-state index contributed by atoms with van der Waals surface area (Å²) >= 11 is 0. The number of carbonyl (C=O) groups is 1. The maximum absolute atomic E-state index is 12.9. The third kappa shape index (κ3) is 5.79. The molecule has 0 spiro atoms. The maximum Gasteiger partial charge on any atom is 0.262 e. The summed E-state index contributed by atoms with van der Waals surface area (Å²) < 4.78 is 44.8. The van der Waals surface area contributed by atoms with Crippen molar-refractivity contribution in [3.63, 3.8) is 0 Å². The van der Waals surface area contributed by atoms with Gasteiger partial charge in [0.25, 0.3) is 15.9 Å². The number of rotatable bonds is 8. The SMILES string of the molecule is CC(C)Oc1ccc(CNC(=O)c2cccc(NS(=O)(=O)c3ccc4c(c3)OCCO4)c2)cc1. The number of fused-ring (bicyclic) bond motifs is 1. The summed E-state index contributed by atoms with van der Waals surface area (Å²) in [6, 6.07) is 18.2. The van der Waals surface area contributed by atoms with Gasteiger partial charge < -0.3 is 19.5 Å². The van der Waals surface area contributed by atoms with Crippen LogP contribution in [0.25, 0.3) is 0 Å². The van der Waals surface area contributed by atoms with Crippen molar-refractivity contribution in [3.8, 4) is 17.2 Å². The zero-order valence-electron chi connectivity index (χ0n) is 18.9. The summed E-state index contributed by atoms with van der Waals surface area (Å²) in [5, 5.41) is 2.84. The molecular weight excluding hydrogens is 456 g/mol. The minimum absolute atomic E-state index is 0.0384. The Morgan fingerprint density at radius 2 is 1.71 bits per heavy atom. The van der Waals surface area contributed by atoms with Crippen molar-refractivity contribution in [1.82, 2.24) is 5.32 Å². The van der Waals surface area contributed by atoms with E-state index in [1.165, 1.54) is 18.2 Å². The molecule has 178 valence electrons. The summed E-state index contributed by atoms with van der Waals surface area (Å²) in [5.41, 5.74) is 1.53. The maximum atomic E-state index is 12.9. The van der Waals surface area contributed by atoms with Gasteiger partial charge in [-0.15, -0.1) is 0 Å². The Kier molecular flexibility index (Phi) is 6.93. The van der Waals surface area contributed by atoms with Gasteiger partial charge in [-0.05, 0) is 61.9 Å². The molecule has 0 aliphatic carbocycles. The van der Waals surface area contributed by atoms with E-state index in [2.05, 4.69) is 10.0 Å². The van der Waals surface area contributed by atoms with Crippen LogP contribution >= 0.6 is 0 Å². The van der Waals surface area contributed by atoms with Gasteiger partial charge in [-0.2, -0.15) is 0 Å². The number of sulfonamides is 1. The number of amides is 1. The van der Waals surface area contributed by atoms with E-state index in [0.717, 1.165) is 11.3 Å². The Morgan fingerprint density at radius 3 is 2.44 bits per heavy atom. The van der Waals surface area contributed by atoms with E-state index in [9.17, 15) is 13.2 Å². The Balaban J connectivity index is 1.40. The second kappa shape index (κ2) is 10.0. The highest BCUT2D eigenvalue weighted by Crippen LogP contribution is 2.32. The Morgan fingerprint density at radius 1 is 0.971 bits per heavy atom. The van der Waals surface area contributed by atoms with Gasteiger partial charge >= 0.3 is 0 Å². The largest absolute Gasteiger partial charge is 0.491 e. The lowest BCUT2D eigenvalue weighted by atomic mass is 10.1. The number of ether oxygens (including phenoxy) is 3. The Hall–Kier alpha value is -3.72. The van der Waals surface area contributed by atoms with Crippen molar-refractivity contribution >= 4 is 21.6 Å². The number of carbonyl (C=O) groups excluding carboxylic acids is 1. The molecule has 0 saturated heterocycles. The molecule has 1 aliphatic rings. The second-order valence-electron chi connectivity index (χ2n) is 7.99. The Labute approximate surface area is 198 Å². The third-order valence-corrected chi connectivity index (χ3v) is 6.33. The van der Waals surface area contributed by atoms with Crippen molar-refractivity contribution in [2.24, 2.45) is 0 Å². The van der Waals surface area contributed by atoms with Crippen LogP contribution in [0.1, 0.15) is 29.8 Å². The van der Waals surface area contributed by atoms with Crippen LogP contribution < -0.4 is 24.2 Å². The van der Waals surface area contributed by atoms with Gasteiger partial charge in [0.1, 0.15) is 19.0 Å². The number of anilines is 1. The van der Waals surface area contributed by atoms with E-state index in [-0.39, 0.29) is 22.6 Å². The van der Waals surface area contributed by atoms with Crippen LogP contribution in [-0.2, 0) is 16.6 Å². The Bertz CT molecular complexity index is 1270. The van der Waals surface area contributed by atoms with Gasteiger partial charge in [0.2, 0.25) is 0 Å². The lowest BCUT2D eigenvalue weighted by Crippen LogP contribution is -2.23. The van der Waals surface area contributed by atoms with Gasteiger partial charge in [-0.25, -0.2) is 8.42 Å². The molecule has 0 radical (unpaired) electrons. The van der Waals surface area contributed by atoms with Crippen LogP contribution in [0.3, 0.4) is 0 Å². The minimum atomic E-state index is -3.89. The molecule has 1 aliphatic heterocycles. The molecule has 4 rings (SSSR count).